The van der Waals surface area contributed by atoms with Crippen LogP contribution in [0.3, 0.4) is 0 Å². The minimum absolute atomic E-state index is 0.0638. The number of benzene rings is 2. The van der Waals surface area contributed by atoms with E-state index in [9.17, 15) is 9.59 Å². The van der Waals surface area contributed by atoms with E-state index in [2.05, 4.69) is 20.9 Å². The molecule has 1 saturated carbocycles. The van der Waals surface area contributed by atoms with Gasteiger partial charge in [0.05, 0.1) is 5.56 Å². The lowest BCUT2D eigenvalue weighted by atomic mass is 10.1. The molecule has 3 N–H and O–H groups in total. The maximum Gasteiger partial charge on any atom is 0.323 e. The topological polar surface area (TPSA) is 73.5 Å². The van der Waals surface area contributed by atoms with Crippen LogP contribution in [0, 0.1) is 0 Å². The Hall–Kier alpha value is -2.67. The number of carbonyl (C=O) groups excluding carboxylic acids is 2. The van der Waals surface area contributed by atoms with Crippen molar-refractivity contribution in [2.75, 3.05) is 34.9 Å². The Morgan fingerprint density at radius 3 is 2.28 bits per heavy atom. The Bertz CT molecular complexity index is 890. The lowest BCUT2D eigenvalue weighted by molar-refractivity contribution is 0.0951. The standard InChI is InChI=1S/C22H26N4O2S/c1-29-18-9-6-16(7-10-18)24-22(28)25-17-8-11-20(26-12-2-3-13-26)19(14-17)21(27)23-15-4-5-15/h6-11,14-15H,2-5,12-13H2,1H3,(H,23,27)(H2,24,25,28). The van der Waals surface area contributed by atoms with Gasteiger partial charge in [-0.25, -0.2) is 4.79 Å². The summed E-state index contributed by atoms with van der Waals surface area (Å²) in [4.78, 5) is 28.6. The summed E-state index contributed by atoms with van der Waals surface area (Å²) in [6, 6.07) is 13.2. The van der Waals surface area contributed by atoms with Gasteiger partial charge in [0.1, 0.15) is 0 Å². The van der Waals surface area contributed by atoms with E-state index < -0.39 is 0 Å². The van der Waals surface area contributed by atoms with Gasteiger partial charge in [-0.3, -0.25) is 4.79 Å². The van der Waals surface area contributed by atoms with Crippen molar-refractivity contribution in [3.8, 4) is 0 Å². The summed E-state index contributed by atoms with van der Waals surface area (Å²) in [5, 5.41) is 8.75. The zero-order chi connectivity index (χ0) is 20.2. The van der Waals surface area contributed by atoms with Gasteiger partial charge in [-0.15, -0.1) is 11.8 Å². The predicted octanol–water partition coefficient (Wildman–Crippen LogP) is 4.54. The molecule has 2 aromatic carbocycles. The largest absolute Gasteiger partial charge is 0.371 e. The molecule has 2 aliphatic rings. The van der Waals surface area contributed by atoms with Crippen molar-refractivity contribution in [3.63, 3.8) is 0 Å². The zero-order valence-corrected chi connectivity index (χ0v) is 17.3. The molecule has 2 aromatic rings. The molecule has 0 spiro atoms. The number of thioether (sulfide) groups is 1. The molecular formula is C22H26N4O2S. The summed E-state index contributed by atoms with van der Waals surface area (Å²) in [7, 11) is 0. The van der Waals surface area contributed by atoms with E-state index in [-0.39, 0.29) is 18.0 Å². The number of urea groups is 1. The molecule has 0 unspecified atom stereocenters. The number of hydrogen-bond donors (Lipinski definition) is 3. The van der Waals surface area contributed by atoms with E-state index in [4.69, 9.17) is 0 Å². The minimum atomic E-state index is -0.329. The summed E-state index contributed by atoms with van der Waals surface area (Å²) >= 11 is 1.65. The molecule has 152 valence electrons. The zero-order valence-electron chi connectivity index (χ0n) is 16.5. The van der Waals surface area contributed by atoms with Crippen molar-refractivity contribution in [2.45, 2.75) is 36.6 Å². The molecular weight excluding hydrogens is 384 g/mol. The summed E-state index contributed by atoms with van der Waals surface area (Å²) in [6.45, 7) is 1.92. The number of amides is 3. The SMILES string of the molecule is CSc1ccc(NC(=O)Nc2ccc(N3CCCC3)c(C(=O)NC3CC3)c2)cc1. The van der Waals surface area contributed by atoms with Crippen molar-refractivity contribution in [3.05, 3.63) is 48.0 Å². The second kappa shape index (κ2) is 8.78. The van der Waals surface area contributed by atoms with E-state index in [0.717, 1.165) is 55.0 Å². The Kier molecular flexibility index (Phi) is 5.94. The van der Waals surface area contributed by atoms with Crippen LogP contribution in [-0.2, 0) is 0 Å². The summed E-state index contributed by atoms with van der Waals surface area (Å²) in [5.41, 5.74) is 2.90. The quantitative estimate of drug-likeness (QED) is 0.611. The molecule has 1 aliphatic carbocycles. The number of nitrogens with zero attached hydrogens (tertiary/aromatic N) is 1. The fourth-order valence-electron chi connectivity index (χ4n) is 3.49. The second-order valence-corrected chi connectivity index (χ2v) is 8.36. The van der Waals surface area contributed by atoms with Gasteiger partial charge in [-0.1, -0.05) is 0 Å². The number of carbonyl (C=O) groups is 2. The van der Waals surface area contributed by atoms with E-state index in [1.54, 1.807) is 17.8 Å². The minimum Gasteiger partial charge on any atom is -0.371 e. The molecule has 1 heterocycles. The first kappa shape index (κ1) is 19.6. The van der Waals surface area contributed by atoms with Crippen molar-refractivity contribution < 1.29 is 9.59 Å². The molecule has 1 aliphatic heterocycles. The molecule has 3 amide bonds. The molecule has 0 bridgehead atoms. The molecule has 0 atom stereocenters. The van der Waals surface area contributed by atoms with E-state index in [1.165, 1.54) is 0 Å². The molecule has 29 heavy (non-hydrogen) atoms. The second-order valence-electron chi connectivity index (χ2n) is 7.48. The third kappa shape index (κ3) is 5.03. The molecule has 2 fully saturated rings. The number of nitrogens with one attached hydrogen (secondary N) is 3. The highest BCUT2D eigenvalue weighted by molar-refractivity contribution is 7.98. The summed E-state index contributed by atoms with van der Waals surface area (Å²) in [5.74, 6) is -0.0638. The van der Waals surface area contributed by atoms with Crippen molar-refractivity contribution in [1.82, 2.24) is 5.32 Å². The van der Waals surface area contributed by atoms with Crippen LogP contribution in [0.5, 0.6) is 0 Å². The molecule has 7 heteroatoms. The average molecular weight is 411 g/mol. The highest BCUT2D eigenvalue weighted by Crippen LogP contribution is 2.29. The third-order valence-electron chi connectivity index (χ3n) is 5.21. The third-order valence-corrected chi connectivity index (χ3v) is 5.95. The highest BCUT2D eigenvalue weighted by atomic mass is 32.2. The van der Waals surface area contributed by atoms with Crippen LogP contribution in [0.1, 0.15) is 36.0 Å². The number of rotatable bonds is 6. The van der Waals surface area contributed by atoms with Crippen LogP contribution in [0.25, 0.3) is 0 Å². The molecule has 4 rings (SSSR count). The highest BCUT2D eigenvalue weighted by Gasteiger charge is 2.26. The molecule has 0 aromatic heterocycles. The first-order valence-electron chi connectivity index (χ1n) is 10.0. The van der Waals surface area contributed by atoms with Crippen molar-refractivity contribution in [1.29, 1.82) is 0 Å². The smallest absolute Gasteiger partial charge is 0.323 e. The first-order chi connectivity index (χ1) is 14.1. The summed E-state index contributed by atoms with van der Waals surface area (Å²) in [6.07, 6.45) is 6.38. The normalized spacial score (nSPS) is 15.8. The van der Waals surface area contributed by atoms with E-state index in [0.29, 0.717) is 11.3 Å². The van der Waals surface area contributed by atoms with Crippen molar-refractivity contribution in [2.24, 2.45) is 0 Å². The monoisotopic (exact) mass is 410 g/mol. The van der Waals surface area contributed by atoms with Crippen LogP contribution in [0.2, 0.25) is 0 Å². The van der Waals surface area contributed by atoms with Gasteiger partial charge in [-0.05, 0) is 74.4 Å². The maximum atomic E-state index is 12.8. The van der Waals surface area contributed by atoms with Crippen LogP contribution >= 0.6 is 11.8 Å². The van der Waals surface area contributed by atoms with Gasteiger partial charge in [0.2, 0.25) is 0 Å². The van der Waals surface area contributed by atoms with Gasteiger partial charge < -0.3 is 20.9 Å². The van der Waals surface area contributed by atoms with Gasteiger partial charge in [0.15, 0.2) is 0 Å². The van der Waals surface area contributed by atoms with Crippen LogP contribution < -0.4 is 20.9 Å². The number of hydrogen-bond acceptors (Lipinski definition) is 4. The van der Waals surface area contributed by atoms with E-state index in [1.807, 2.05) is 42.7 Å². The van der Waals surface area contributed by atoms with Gasteiger partial charge in [0, 0.05) is 41.1 Å². The lowest BCUT2D eigenvalue weighted by Gasteiger charge is -2.22. The maximum absolute atomic E-state index is 12.8. The molecule has 6 nitrogen and oxygen atoms in total. The average Bonchev–Trinajstić information content (AvgIpc) is 3.37. The molecule has 1 saturated heterocycles. The van der Waals surface area contributed by atoms with Gasteiger partial charge in [-0.2, -0.15) is 0 Å². The predicted molar refractivity (Wildman–Crippen MR) is 119 cm³/mol. The van der Waals surface area contributed by atoms with Crippen molar-refractivity contribution >= 4 is 40.8 Å². The Morgan fingerprint density at radius 2 is 1.62 bits per heavy atom. The van der Waals surface area contributed by atoms with Gasteiger partial charge in [0.25, 0.3) is 5.91 Å². The Balaban J connectivity index is 1.48. The van der Waals surface area contributed by atoms with Gasteiger partial charge >= 0.3 is 6.03 Å². The first-order valence-corrected chi connectivity index (χ1v) is 11.3. The van der Waals surface area contributed by atoms with Crippen LogP contribution in [0.15, 0.2) is 47.4 Å². The Morgan fingerprint density at radius 1 is 0.966 bits per heavy atom. The lowest BCUT2D eigenvalue weighted by Crippen LogP contribution is -2.29. The molecule has 0 radical (unpaired) electrons. The van der Waals surface area contributed by atoms with E-state index >= 15 is 0 Å². The Labute approximate surface area is 175 Å². The summed E-state index contributed by atoms with van der Waals surface area (Å²) < 4.78 is 0. The number of anilines is 3. The van der Waals surface area contributed by atoms with Crippen LogP contribution in [0.4, 0.5) is 21.9 Å². The fourth-order valence-corrected chi connectivity index (χ4v) is 3.90. The van der Waals surface area contributed by atoms with Crippen LogP contribution in [-0.4, -0.2) is 37.3 Å². The fraction of sp³-hybridized carbons (Fsp3) is 0.364.